The molecule has 0 aliphatic heterocycles. The van der Waals surface area contributed by atoms with Gasteiger partial charge in [-0.2, -0.15) is 0 Å². The van der Waals surface area contributed by atoms with Crippen LogP contribution in [0.3, 0.4) is 0 Å². The number of aromatic nitrogens is 3. The van der Waals surface area contributed by atoms with E-state index in [2.05, 4.69) is 15.5 Å². The van der Waals surface area contributed by atoms with Crippen molar-refractivity contribution in [1.29, 1.82) is 0 Å². The molecule has 0 spiro atoms. The second-order valence-electron chi connectivity index (χ2n) is 4.06. The molecule has 0 bridgehead atoms. The number of halogens is 2. The maximum atomic E-state index is 11.9. The largest absolute Gasteiger partial charge is 0.336 e. The van der Waals surface area contributed by atoms with Crippen LogP contribution in [0, 0.1) is 0 Å². The van der Waals surface area contributed by atoms with Gasteiger partial charge in [0.05, 0.1) is 21.5 Å². The number of anilines is 1. The van der Waals surface area contributed by atoms with Gasteiger partial charge in [0.25, 0.3) is 0 Å². The van der Waals surface area contributed by atoms with E-state index in [1.54, 1.807) is 18.2 Å². The standard InChI is InChI=1S/C12H13Cl2N5OS/c1-2-9-17-18-12(19(9)15)21-6-10(20)16-11-7(13)4-3-5-8(11)14/h3-5H,2,6,15H2,1H3,(H,16,20). The van der Waals surface area contributed by atoms with Crippen molar-refractivity contribution >= 4 is 46.6 Å². The van der Waals surface area contributed by atoms with Crippen molar-refractivity contribution in [1.82, 2.24) is 14.9 Å². The molecule has 0 atom stereocenters. The molecule has 0 unspecified atom stereocenters. The third-order valence-electron chi connectivity index (χ3n) is 2.61. The van der Waals surface area contributed by atoms with Gasteiger partial charge < -0.3 is 11.2 Å². The number of carbonyl (C=O) groups excluding carboxylic acids is 1. The lowest BCUT2D eigenvalue weighted by atomic mass is 10.3. The van der Waals surface area contributed by atoms with Crippen molar-refractivity contribution in [3.8, 4) is 0 Å². The van der Waals surface area contributed by atoms with Gasteiger partial charge in [-0.1, -0.05) is 48.0 Å². The van der Waals surface area contributed by atoms with Crippen molar-refractivity contribution in [2.75, 3.05) is 16.9 Å². The molecule has 0 saturated heterocycles. The molecule has 1 amide bonds. The van der Waals surface area contributed by atoms with Crippen LogP contribution in [-0.4, -0.2) is 26.5 Å². The van der Waals surface area contributed by atoms with Crippen LogP contribution in [0.1, 0.15) is 12.7 Å². The van der Waals surface area contributed by atoms with E-state index in [4.69, 9.17) is 29.0 Å². The summed E-state index contributed by atoms with van der Waals surface area (Å²) in [5, 5.41) is 11.8. The normalized spacial score (nSPS) is 10.6. The molecule has 2 rings (SSSR count). The number of hydrogen-bond acceptors (Lipinski definition) is 5. The number of nitrogens with zero attached hydrogens (tertiary/aromatic N) is 3. The quantitative estimate of drug-likeness (QED) is 0.642. The summed E-state index contributed by atoms with van der Waals surface area (Å²) in [6.07, 6.45) is 0.672. The van der Waals surface area contributed by atoms with Gasteiger partial charge in [0.1, 0.15) is 0 Å². The zero-order valence-corrected chi connectivity index (χ0v) is 13.5. The number of aryl methyl sites for hydroxylation is 1. The minimum atomic E-state index is -0.254. The topological polar surface area (TPSA) is 85.8 Å². The lowest BCUT2D eigenvalue weighted by Gasteiger charge is -2.08. The summed E-state index contributed by atoms with van der Waals surface area (Å²) in [5.74, 6) is 6.33. The SMILES string of the molecule is CCc1nnc(SCC(=O)Nc2c(Cl)cccc2Cl)n1N. The molecular formula is C12H13Cl2N5OS. The van der Waals surface area contributed by atoms with Gasteiger partial charge in [-0.3, -0.25) is 4.79 Å². The summed E-state index contributed by atoms with van der Waals surface area (Å²) in [6.45, 7) is 1.92. The molecule has 2 aromatic rings. The molecule has 3 N–H and O–H groups in total. The van der Waals surface area contributed by atoms with E-state index in [1.165, 1.54) is 16.4 Å². The Morgan fingerprint density at radius 3 is 2.62 bits per heavy atom. The van der Waals surface area contributed by atoms with Crippen molar-refractivity contribution in [3.05, 3.63) is 34.1 Å². The van der Waals surface area contributed by atoms with Gasteiger partial charge in [0.15, 0.2) is 5.82 Å². The van der Waals surface area contributed by atoms with Crippen LogP contribution in [-0.2, 0) is 11.2 Å². The summed E-state index contributed by atoms with van der Waals surface area (Å²) in [5.41, 5.74) is 0.398. The van der Waals surface area contributed by atoms with Crippen LogP contribution in [0.25, 0.3) is 0 Å². The number of rotatable bonds is 5. The third kappa shape index (κ3) is 3.81. The van der Waals surface area contributed by atoms with Crippen LogP contribution in [0.15, 0.2) is 23.4 Å². The first-order valence-electron chi connectivity index (χ1n) is 6.09. The molecule has 1 aromatic carbocycles. The maximum absolute atomic E-state index is 11.9. The Hall–Kier alpha value is -1.44. The smallest absolute Gasteiger partial charge is 0.234 e. The number of para-hydroxylation sites is 1. The van der Waals surface area contributed by atoms with Gasteiger partial charge in [-0.05, 0) is 12.1 Å². The molecule has 1 heterocycles. The predicted molar refractivity (Wildman–Crippen MR) is 85.4 cm³/mol. The number of thioether (sulfide) groups is 1. The molecule has 0 saturated carbocycles. The van der Waals surface area contributed by atoms with E-state index < -0.39 is 0 Å². The summed E-state index contributed by atoms with van der Waals surface area (Å²) < 4.78 is 1.38. The molecule has 0 fully saturated rings. The summed E-state index contributed by atoms with van der Waals surface area (Å²) in [4.78, 5) is 11.9. The van der Waals surface area contributed by atoms with E-state index in [0.29, 0.717) is 33.1 Å². The Morgan fingerprint density at radius 1 is 1.38 bits per heavy atom. The zero-order chi connectivity index (χ0) is 15.4. The van der Waals surface area contributed by atoms with E-state index in [0.717, 1.165) is 0 Å². The second-order valence-corrected chi connectivity index (χ2v) is 5.81. The van der Waals surface area contributed by atoms with Crippen LogP contribution >= 0.6 is 35.0 Å². The Balaban J connectivity index is 1.98. The Kier molecular flexibility index (Phi) is 5.33. The van der Waals surface area contributed by atoms with Crippen molar-refractivity contribution < 1.29 is 4.79 Å². The monoisotopic (exact) mass is 345 g/mol. The maximum Gasteiger partial charge on any atom is 0.234 e. The number of nitrogen functional groups attached to an aromatic ring is 1. The Labute approximate surface area is 136 Å². The third-order valence-corrected chi connectivity index (χ3v) is 4.18. The van der Waals surface area contributed by atoms with Gasteiger partial charge in [-0.15, -0.1) is 10.2 Å². The minimum Gasteiger partial charge on any atom is -0.336 e. The van der Waals surface area contributed by atoms with Gasteiger partial charge in [-0.25, -0.2) is 4.68 Å². The lowest BCUT2D eigenvalue weighted by molar-refractivity contribution is -0.113. The molecule has 0 radical (unpaired) electrons. The molecule has 1 aromatic heterocycles. The molecule has 9 heteroatoms. The second kappa shape index (κ2) is 7.02. The molecule has 0 aliphatic carbocycles. The number of benzene rings is 1. The first kappa shape index (κ1) is 15.9. The van der Waals surface area contributed by atoms with Crippen LogP contribution in [0.5, 0.6) is 0 Å². The highest BCUT2D eigenvalue weighted by Crippen LogP contribution is 2.30. The predicted octanol–water partition coefficient (Wildman–Crippen LogP) is 2.59. The highest BCUT2D eigenvalue weighted by atomic mass is 35.5. The zero-order valence-electron chi connectivity index (χ0n) is 11.1. The van der Waals surface area contributed by atoms with Gasteiger partial charge in [0, 0.05) is 6.42 Å². The average Bonchev–Trinajstić information content (AvgIpc) is 2.81. The Bertz CT molecular complexity index is 641. The number of amides is 1. The number of nitrogens with one attached hydrogen (secondary N) is 1. The number of hydrogen-bond donors (Lipinski definition) is 2. The van der Waals surface area contributed by atoms with E-state index in [1.807, 2.05) is 6.92 Å². The van der Waals surface area contributed by atoms with E-state index in [9.17, 15) is 4.79 Å². The summed E-state index contributed by atoms with van der Waals surface area (Å²) in [6, 6.07) is 5.01. The molecule has 0 aliphatic rings. The molecule has 6 nitrogen and oxygen atoms in total. The minimum absolute atomic E-state index is 0.126. The van der Waals surface area contributed by atoms with Crippen molar-refractivity contribution in [2.45, 2.75) is 18.5 Å². The highest BCUT2D eigenvalue weighted by Gasteiger charge is 2.13. The van der Waals surface area contributed by atoms with Crippen LogP contribution in [0.2, 0.25) is 10.0 Å². The fraction of sp³-hybridized carbons (Fsp3) is 0.250. The van der Waals surface area contributed by atoms with Gasteiger partial charge >= 0.3 is 0 Å². The molecule has 21 heavy (non-hydrogen) atoms. The average molecular weight is 346 g/mol. The number of nitrogens with two attached hydrogens (primary N) is 1. The lowest BCUT2D eigenvalue weighted by Crippen LogP contribution is -2.17. The van der Waals surface area contributed by atoms with Crippen LogP contribution in [0.4, 0.5) is 5.69 Å². The highest BCUT2D eigenvalue weighted by molar-refractivity contribution is 7.99. The first-order valence-corrected chi connectivity index (χ1v) is 7.83. The van der Waals surface area contributed by atoms with Crippen molar-refractivity contribution in [3.63, 3.8) is 0 Å². The fourth-order valence-electron chi connectivity index (χ4n) is 1.57. The number of carbonyl (C=O) groups is 1. The Morgan fingerprint density at radius 2 is 2.05 bits per heavy atom. The summed E-state index contributed by atoms with van der Waals surface area (Å²) >= 11 is 13.2. The molecule has 112 valence electrons. The molecular weight excluding hydrogens is 333 g/mol. The first-order chi connectivity index (χ1) is 10.0. The van der Waals surface area contributed by atoms with Crippen LogP contribution < -0.4 is 11.2 Å². The van der Waals surface area contributed by atoms with E-state index >= 15 is 0 Å². The van der Waals surface area contributed by atoms with Crippen molar-refractivity contribution in [2.24, 2.45) is 0 Å². The van der Waals surface area contributed by atoms with Gasteiger partial charge in [0.2, 0.25) is 11.1 Å². The summed E-state index contributed by atoms with van der Waals surface area (Å²) in [7, 11) is 0. The van der Waals surface area contributed by atoms with E-state index in [-0.39, 0.29) is 11.7 Å². The fourth-order valence-corrected chi connectivity index (χ4v) is 2.74.